The number of aryl methyl sites for hydroxylation is 1. The third-order valence-electron chi connectivity index (χ3n) is 3.11. The second-order valence-electron chi connectivity index (χ2n) is 4.38. The van der Waals surface area contributed by atoms with E-state index < -0.39 is 5.92 Å². The van der Waals surface area contributed by atoms with Crippen molar-refractivity contribution >= 4 is 17.6 Å². The quantitative estimate of drug-likeness (QED) is 0.851. The molecule has 0 atom stereocenters. The van der Waals surface area contributed by atoms with Crippen molar-refractivity contribution in [3.05, 3.63) is 28.3 Å². The highest BCUT2D eigenvalue weighted by atomic mass is 32.1. The standard InChI is InChI=1S/C12H10F2N2OS/c13-12(14)4-3-9-8(5-12)11(16-15-9)10-2-1-7(6-17)18-10/h1-2,6H,3-5H2,(H,15,16). The number of rotatable bonds is 2. The van der Waals surface area contributed by atoms with E-state index in [4.69, 9.17) is 0 Å². The molecule has 18 heavy (non-hydrogen) atoms. The van der Waals surface area contributed by atoms with Gasteiger partial charge in [-0.15, -0.1) is 11.3 Å². The average Bonchev–Trinajstić information content (AvgIpc) is 2.92. The number of carbonyl (C=O) groups is 1. The first-order chi connectivity index (χ1) is 8.59. The maximum absolute atomic E-state index is 13.4. The van der Waals surface area contributed by atoms with Crippen LogP contribution in [0.2, 0.25) is 0 Å². The van der Waals surface area contributed by atoms with Crippen LogP contribution in [-0.4, -0.2) is 22.4 Å². The SMILES string of the molecule is O=Cc1ccc(-c2n[nH]c3c2CC(F)(F)CC3)s1. The number of nitrogens with zero attached hydrogens (tertiary/aromatic N) is 1. The van der Waals surface area contributed by atoms with E-state index in [0.29, 0.717) is 22.6 Å². The fourth-order valence-electron chi connectivity index (χ4n) is 2.20. The third-order valence-corrected chi connectivity index (χ3v) is 4.12. The Kier molecular flexibility index (Phi) is 2.55. The molecule has 3 nitrogen and oxygen atoms in total. The van der Waals surface area contributed by atoms with E-state index in [9.17, 15) is 13.6 Å². The second-order valence-corrected chi connectivity index (χ2v) is 5.50. The first-order valence-electron chi connectivity index (χ1n) is 5.58. The normalized spacial score (nSPS) is 17.4. The average molecular weight is 268 g/mol. The van der Waals surface area contributed by atoms with E-state index in [1.165, 1.54) is 11.3 Å². The molecule has 1 aliphatic rings. The topological polar surface area (TPSA) is 45.8 Å². The molecule has 0 aromatic carbocycles. The molecular formula is C12H10F2N2OS. The molecule has 6 heteroatoms. The minimum atomic E-state index is -2.66. The van der Waals surface area contributed by atoms with Gasteiger partial charge in [-0.05, 0) is 18.6 Å². The van der Waals surface area contributed by atoms with Crippen molar-refractivity contribution in [3.8, 4) is 10.6 Å². The molecule has 0 spiro atoms. The van der Waals surface area contributed by atoms with Crippen LogP contribution in [0.5, 0.6) is 0 Å². The zero-order chi connectivity index (χ0) is 12.8. The number of hydrogen-bond donors (Lipinski definition) is 1. The molecule has 3 rings (SSSR count). The Morgan fingerprint density at radius 3 is 3.00 bits per heavy atom. The lowest BCUT2D eigenvalue weighted by Gasteiger charge is -2.21. The number of fused-ring (bicyclic) bond motifs is 1. The largest absolute Gasteiger partial charge is 0.297 e. The Morgan fingerprint density at radius 2 is 2.28 bits per heavy atom. The van der Waals surface area contributed by atoms with Crippen molar-refractivity contribution in [3.63, 3.8) is 0 Å². The molecular weight excluding hydrogens is 258 g/mol. The zero-order valence-corrected chi connectivity index (χ0v) is 10.2. The zero-order valence-electron chi connectivity index (χ0n) is 9.37. The highest BCUT2D eigenvalue weighted by Crippen LogP contribution is 2.38. The molecule has 0 unspecified atom stereocenters. The van der Waals surface area contributed by atoms with E-state index in [0.717, 1.165) is 16.9 Å². The summed E-state index contributed by atoms with van der Waals surface area (Å²) in [6, 6.07) is 3.42. The second kappa shape index (κ2) is 3.98. The van der Waals surface area contributed by atoms with Crippen molar-refractivity contribution in [2.24, 2.45) is 0 Å². The fourth-order valence-corrected chi connectivity index (χ4v) is 3.04. The Bertz CT molecular complexity index is 603. The van der Waals surface area contributed by atoms with Crippen molar-refractivity contribution in [2.45, 2.75) is 25.2 Å². The number of aromatic nitrogens is 2. The van der Waals surface area contributed by atoms with Gasteiger partial charge in [-0.1, -0.05) is 0 Å². The Labute approximate surface area is 106 Å². The van der Waals surface area contributed by atoms with Crippen LogP contribution in [-0.2, 0) is 12.8 Å². The maximum Gasteiger partial charge on any atom is 0.252 e. The van der Waals surface area contributed by atoms with Crippen LogP contribution in [0.15, 0.2) is 12.1 Å². The number of nitrogens with one attached hydrogen (secondary N) is 1. The van der Waals surface area contributed by atoms with Gasteiger partial charge in [0, 0.05) is 24.1 Å². The van der Waals surface area contributed by atoms with Gasteiger partial charge in [0.1, 0.15) is 5.69 Å². The highest BCUT2D eigenvalue weighted by molar-refractivity contribution is 7.17. The molecule has 0 saturated carbocycles. The van der Waals surface area contributed by atoms with Gasteiger partial charge in [-0.25, -0.2) is 8.78 Å². The molecule has 0 aliphatic heterocycles. The third kappa shape index (κ3) is 1.86. The van der Waals surface area contributed by atoms with Crippen molar-refractivity contribution < 1.29 is 13.6 Å². The van der Waals surface area contributed by atoms with Crippen LogP contribution < -0.4 is 0 Å². The summed E-state index contributed by atoms with van der Waals surface area (Å²) in [5, 5.41) is 6.94. The number of carbonyl (C=O) groups excluding carboxylic acids is 1. The molecule has 1 aliphatic carbocycles. The molecule has 1 N–H and O–H groups in total. The smallest absolute Gasteiger partial charge is 0.252 e. The summed E-state index contributed by atoms with van der Waals surface area (Å²) < 4.78 is 26.9. The lowest BCUT2D eigenvalue weighted by Crippen LogP contribution is -2.25. The van der Waals surface area contributed by atoms with Gasteiger partial charge in [-0.2, -0.15) is 5.10 Å². The molecule has 2 aromatic rings. The Morgan fingerprint density at radius 1 is 1.44 bits per heavy atom. The number of hydrogen-bond acceptors (Lipinski definition) is 3. The monoisotopic (exact) mass is 268 g/mol. The highest BCUT2D eigenvalue weighted by Gasteiger charge is 2.37. The van der Waals surface area contributed by atoms with Gasteiger partial charge >= 0.3 is 0 Å². The first kappa shape index (κ1) is 11.5. The minimum Gasteiger partial charge on any atom is -0.297 e. The van der Waals surface area contributed by atoms with Crippen molar-refractivity contribution in [2.75, 3.05) is 0 Å². The van der Waals surface area contributed by atoms with Crippen LogP contribution in [0.25, 0.3) is 10.6 Å². The van der Waals surface area contributed by atoms with Gasteiger partial charge < -0.3 is 0 Å². The lowest BCUT2D eigenvalue weighted by molar-refractivity contribution is -0.0123. The van der Waals surface area contributed by atoms with E-state index in [-0.39, 0.29) is 12.8 Å². The van der Waals surface area contributed by atoms with Gasteiger partial charge in [0.2, 0.25) is 0 Å². The summed E-state index contributed by atoms with van der Waals surface area (Å²) in [6.45, 7) is 0. The van der Waals surface area contributed by atoms with Gasteiger partial charge in [0.05, 0.1) is 9.75 Å². The summed E-state index contributed by atoms with van der Waals surface area (Å²) >= 11 is 1.27. The summed E-state index contributed by atoms with van der Waals surface area (Å²) in [4.78, 5) is 12.0. The van der Waals surface area contributed by atoms with Gasteiger partial charge in [0.25, 0.3) is 5.92 Å². The van der Waals surface area contributed by atoms with Crippen molar-refractivity contribution in [1.82, 2.24) is 10.2 Å². The van der Waals surface area contributed by atoms with Crippen LogP contribution >= 0.6 is 11.3 Å². The van der Waals surface area contributed by atoms with Crippen molar-refractivity contribution in [1.29, 1.82) is 0 Å². The number of H-pyrrole nitrogens is 1. The maximum atomic E-state index is 13.4. The summed E-state index contributed by atoms with van der Waals surface area (Å²) in [7, 11) is 0. The Balaban J connectivity index is 2.04. The van der Waals surface area contributed by atoms with Gasteiger partial charge in [0.15, 0.2) is 6.29 Å². The van der Waals surface area contributed by atoms with E-state index in [2.05, 4.69) is 10.2 Å². The predicted octanol–water partition coefficient (Wildman–Crippen LogP) is 3.07. The molecule has 0 bridgehead atoms. The minimum absolute atomic E-state index is 0.133. The van der Waals surface area contributed by atoms with E-state index in [1.54, 1.807) is 12.1 Å². The summed E-state index contributed by atoms with van der Waals surface area (Å²) in [6.07, 6.45) is 0.664. The molecule has 0 fully saturated rings. The fraction of sp³-hybridized carbons (Fsp3) is 0.333. The molecule has 0 radical (unpaired) electrons. The van der Waals surface area contributed by atoms with Gasteiger partial charge in [-0.3, -0.25) is 9.89 Å². The summed E-state index contributed by atoms with van der Waals surface area (Å²) in [5.74, 6) is -2.66. The summed E-state index contributed by atoms with van der Waals surface area (Å²) in [5.41, 5.74) is 1.94. The van der Waals surface area contributed by atoms with Crippen LogP contribution in [0.1, 0.15) is 27.3 Å². The Hall–Kier alpha value is -1.56. The number of halogens is 2. The lowest BCUT2D eigenvalue weighted by atomic mass is 9.92. The number of alkyl halides is 2. The molecule has 0 saturated heterocycles. The number of aldehydes is 1. The number of aromatic amines is 1. The van der Waals surface area contributed by atoms with Crippen LogP contribution in [0, 0.1) is 0 Å². The van der Waals surface area contributed by atoms with E-state index in [1.807, 2.05) is 0 Å². The number of thiophene rings is 1. The molecule has 94 valence electrons. The van der Waals surface area contributed by atoms with Crippen LogP contribution in [0.4, 0.5) is 8.78 Å². The molecule has 0 amide bonds. The predicted molar refractivity (Wildman–Crippen MR) is 64.3 cm³/mol. The van der Waals surface area contributed by atoms with Crippen LogP contribution in [0.3, 0.4) is 0 Å². The molecule has 2 aromatic heterocycles. The van der Waals surface area contributed by atoms with E-state index >= 15 is 0 Å². The first-order valence-corrected chi connectivity index (χ1v) is 6.40. The molecule has 2 heterocycles.